The lowest BCUT2D eigenvalue weighted by atomic mass is 9.35. The highest BCUT2D eigenvalue weighted by Gasteiger charge is 2.68. The molecule has 1 heteroatoms. The zero-order valence-corrected chi connectivity index (χ0v) is 21.9. The van der Waals surface area contributed by atoms with Crippen LogP contribution in [0.1, 0.15) is 113 Å². The molecule has 0 aromatic heterocycles. The molecule has 1 N–H and O–H groups in total. The van der Waals surface area contributed by atoms with E-state index in [9.17, 15) is 5.11 Å². The summed E-state index contributed by atoms with van der Waals surface area (Å²) in [6, 6.07) is 0. The smallest absolute Gasteiger partial charge is 0.0594 e. The Morgan fingerprint density at radius 3 is 2.23 bits per heavy atom. The molecule has 0 heterocycles. The zero-order chi connectivity index (χ0) is 22.6. The number of aliphatic hydroxyl groups excluding tert-OH is 1. The minimum absolute atomic E-state index is 0.0415. The SMILES string of the molecule is CC(C)C1CCC2(C)CCC3(C)C4CCC5C(C)(C)C(O)CC[C@]5(C)C4=CC[C@]3(C)C12. The van der Waals surface area contributed by atoms with Gasteiger partial charge in [0.05, 0.1) is 6.10 Å². The van der Waals surface area contributed by atoms with Crippen molar-refractivity contribution < 1.29 is 5.11 Å². The standard InChI is InChI=1S/C30H50O/c1-19(2)20-11-14-27(5)17-18-29(7)22-9-10-23-26(3,4)24(31)13-15-28(23,6)21(22)12-16-30(29,8)25(20)27/h12,19-20,22-25,31H,9-11,13-18H2,1-8H3/t20?,22?,23?,24?,25?,27?,28-,29?,30-/m1/s1. The predicted octanol–water partition coefficient (Wildman–Crippen LogP) is 8.02. The second kappa shape index (κ2) is 6.64. The molecule has 176 valence electrons. The molecule has 4 fully saturated rings. The number of allylic oxidation sites excluding steroid dienone is 2. The Kier molecular flexibility index (Phi) is 4.82. The first-order chi connectivity index (χ1) is 14.3. The molecule has 0 radical (unpaired) electrons. The lowest BCUT2D eigenvalue weighted by Crippen LogP contribution is -2.62. The van der Waals surface area contributed by atoms with Crippen LogP contribution in [0.3, 0.4) is 0 Å². The molecular weight excluding hydrogens is 376 g/mol. The first-order valence-corrected chi connectivity index (χ1v) is 13.7. The summed E-state index contributed by atoms with van der Waals surface area (Å²) in [6.45, 7) is 20.4. The van der Waals surface area contributed by atoms with Crippen molar-refractivity contribution in [3.8, 4) is 0 Å². The molecular formula is C30H50O. The van der Waals surface area contributed by atoms with Crippen LogP contribution in [0.5, 0.6) is 0 Å². The van der Waals surface area contributed by atoms with E-state index >= 15 is 0 Å². The van der Waals surface area contributed by atoms with Crippen molar-refractivity contribution in [3.63, 3.8) is 0 Å². The first-order valence-electron chi connectivity index (χ1n) is 13.7. The minimum Gasteiger partial charge on any atom is -0.393 e. The fraction of sp³-hybridized carbons (Fsp3) is 0.933. The lowest BCUT2D eigenvalue weighted by molar-refractivity contribution is -0.168. The van der Waals surface area contributed by atoms with Gasteiger partial charge < -0.3 is 5.11 Å². The van der Waals surface area contributed by atoms with Gasteiger partial charge in [-0.25, -0.2) is 0 Å². The first kappa shape index (κ1) is 22.5. The number of fused-ring (bicyclic) bond motifs is 7. The molecule has 9 atom stereocenters. The highest BCUT2D eigenvalue weighted by Crippen LogP contribution is 2.76. The van der Waals surface area contributed by atoms with E-state index in [1.54, 1.807) is 0 Å². The third-order valence-electron chi connectivity index (χ3n) is 13.0. The molecule has 5 rings (SSSR count). The Morgan fingerprint density at radius 2 is 1.55 bits per heavy atom. The van der Waals surface area contributed by atoms with Gasteiger partial charge in [0, 0.05) is 0 Å². The summed E-state index contributed by atoms with van der Waals surface area (Å²) < 4.78 is 0. The van der Waals surface area contributed by atoms with Crippen molar-refractivity contribution in [2.75, 3.05) is 0 Å². The minimum atomic E-state index is -0.132. The van der Waals surface area contributed by atoms with Crippen LogP contribution >= 0.6 is 0 Å². The fourth-order valence-corrected chi connectivity index (χ4v) is 11.0. The van der Waals surface area contributed by atoms with Gasteiger partial charge in [0.1, 0.15) is 0 Å². The second-order valence-electron chi connectivity index (χ2n) is 14.8. The molecule has 7 unspecified atom stereocenters. The van der Waals surface area contributed by atoms with Crippen molar-refractivity contribution in [1.82, 2.24) is 0 Å². The average molecular weight is 427 g/mol. The molecule has 5 aliphatic carbocycles. The molecule has 4 saturated carbocycles. The zero-order valence-electron chi connectivity index (χ0n) is 21.9. The normalized spacial score (nSPS) is 55.7. The molecule has 0 aromatic carbocycles. The third kappa shape index (κ3) is 2.65. The lowest BCUT2D eigenvalue weighted by Gasteiger charge is -2.69. The van der Waals surface area contributed by atoms with E-state index < -0.39 is 0 Å². The predicted molar refractivity (Wildman–Crippen MR) is 131 cm³/mol. The fourth-order valence-electron chi connectivity index (χ4n) is 11.0. The molecule has 0 spiro atoms. The topological polar surface area (TPSA) is 20.2 Å². The van der Waals surface area contributed by atoms with Crippen LogP contribution in [0.2, 0.25) is 0 Å². The molecule has 0 aromatic rings. The number of hydrogen-bond acceptors (Lipinski definition) is 1. The van der Waals surface area contributed by atoms with Crippen LogP contribution in [0.25, 0.3) is 0 Å². The van der Waals surface area contributed by atoms with Crippen LogP contribution in [0, 0.1) is 56.7 Å². The number of aliphatic hydroxyl groups is 1. The Morgan fingerprint density at radius 1 is 0.839 bits per heavy atom. The average Bonchev–Trinajstić information content (AvgIpc) is 3.06. The Labute approximate surface area is 192 Å². The highest BCUT2D eigenvalue weighted by atomic mass is 16.3. The van der Waals surface area contributed by atoms with E-state index in [-0.39, 0.29) is 11.5 Å². The van der Waals surface area contributed by atoms with E-state index in [1.807, 2.05) is 5.57 Å². The van der Waals surface area contributed by atoms with Gasteiger partial charge >= 0.3 is 0 Å². The van der Waals surface area contributed by atoms with E-state index in [2.05, 4.69) is 61.5 Å². The van der Waals surface area contributed by atoms with Gasteiger partial charge in [0.2, 0.25) is 0 Å². The Hall–Kier alpha value is -0.300. The maximum Gasteiger partial charge on any atom is 0.0594 e. The van der Waals surface area contributed by atoms with Crippen molar-refractivity contribution in [2.24, 2.45) is 56.7 Å². The Bertz CT molecular complexity index is 777. The van der Waals surface area contributed by atoms with Gasteiger partial charge in [-0.2, -0.15) is 0 Å². The van der Waals surface area contributed by atoms with Gasteiger partial charge in [-0.1, -0.05) is 67.0 Å². The van der Waals surface area contributed by atoms with Gasteiger partial charge in [-0.05, 0) is 114 Å². The van der Waals surface area contributed by atoms with Crippen molar-refractivity contribution in [1.29, 1.82) is 0 Å². The molecule has 0 amide bonds. The highest BCUT2D eigenvalue weighted by molar-refractivity contribution is 5.33. The summed E-state index contributed by atoms with van der Waals surface area (Å²) in [4.78, 5) is 0. The second-order valence-corrected chi connectivity index (χ2v) is 14.8. The maximum absolute atomic E-state index is 10.9. The molecule has 0 aliphatic heterocycles. The van der Waals surface area contributed by atoms with Gasteiger partial charge in [0.15, 0.2) is 0 Å². The largest absolute Gasteiger partial charge is 0.393 e. The summed E-state index contributed by atoms with van der Waals surface area (Å²) in [5.41, 5.74) is 3.60. The Balaban J connectivity index is 1.59. The van der Waals surface area contributed by atoms with E-state index in [0.717, 1.165) is 30.1 Å². The molecule has 31 heavy (non-hydrogen) atoms. The summed E-state index contributed by atoms with van der Waals surface area (Å²) in [5, 5.41) is 10.9. The molecule has 5 aliphatic rings. The summed E-state index contributed by atoms with van der Waals surface area (Å²) >= 11 is 0. The quantitative estimate of drug-likeness (QED) is 0.421. The van der Waals surface area contributed by atoms with Crippen LogP contribution in [0.4, 0.5) is 0 Å². The summed E-state index contributed by atoms with van der Waals surface area (Å²) in [5.74, 6) is 3.98. The third-order valence-corrected chi connectivity index (χ3v) is 13.0. The monoisotopic (exact) mass is 426 g/mol. The van der Waals surface area contributed by atoms with E-state index in [0.29, 0.717) is 27.6 Å². The van der Waals surface area contributed by atoms with Crippen molar-refractivity contribution >= 4 is 0 Å². The number of hydrogen-bond donors (Lipinski definition) is 1. The molecule has 1 nitrogen and oxygen atoms in total. The van der Waals surface area contributed by atoms with Crippen LogP contribution in [0.15, 0.2) is 11.6 Å². The van der Waals surface area contributed by atoms with Gasteiger partial charge in [-0.3, -0.25) is 0 Å². The van der Waals surface area contributed by atoms with Crippen LogP contribution in [-0.2, 0) is 0 Å². The molecule has 0 bridgehead atoms. The van der Waals surface area contributed by atoms with Crippen LogP contribution < -0.4 is 0 Å². The maximum atomic E-state index is 10.9. The summed E-state index contributed by atoms with van der Waals surface area (Å²) in [7, 11) is 0. The summed E-state index contributed by atoms with van der Waals surface area (Å²) in [6.07, 6.45) is 14.6. The van der Waals surface area contributed by atoms with E-state index in [1.165, 1.54) is 51.4 Å². The van der Waals surface area contributed by atoms with E-state index in [4.69, 9.17) is 0 Å². The van der Waals surface area contributed by atoms with Crippen LogP contribution in [-0.4, -0.2) is 11.2 Å². The van der Waals surface area contributed by atoms with Crippen molar-refractivity contribution in [2.45, 2.75) is 119 Å². The molecule has 0 saturated heterocycles. The van der Waals surface area contributed by atoms with Gasteiger partial charge in [0.25, 0.3) is 0 Å². The number of rotatable bonds is 1. The van der Waals surface area contributed by atoms with Crippen molar-refractivity contribution in [3.05, 3.63) is 11.6 Å². The van der Waals surface area contributed by atoms with Gasteiger partial charge in [-0.15, -0.1) is 0 Å².